The minimum atomic E-state index is 0.127. The number of carbonyl (C=O) groups excluding carboxylic acids is 1. The molecule has 0 aromatic heterocycles. The van der Waals surface area contributed by atoms with Crippen LogP contribution in [0.15, 0.2) is 0 Å². The van der Waals surface area contributed by atoms with Gasteiger partial charge in [-0.05, 0) is 25.8 Å². The predicted octanol–water partition coefficient (Wildman–Crippen LogP) is 0.150. The average Bonchev–Trinajstić information content (AvgIpc) is 2.36. The van der Waals surface area contributed by atoms with Gasteiger partial charge in [0.25, 0.3) is 0 Å². The average molecular weight is 257 g/mol. The molecule has 2 atom stereocenters. The van der Waals surface area contributed by atoms with Crippen molar-refractivity contribution in [3.8, 4) is 0 Å². The van der Waals surface area contributed by atoms with E-state index in [2.05, 4.69) is 11.9 Å². The van der Waals surface area contributed by atoms with Crippen LogP contribution in [-0.4, -0.2) is 69.2 Å². The van der Waals surface area contributed by atoms with Crippen molar-refractivity contribution in [2.45, 2.75) is 25.3 Å². The molecule has 0 aromatic rings. The molecule has 18 heavy (non-hydrogen) atoms. The number of nitrogens with two attached hydrogens (primary N) is 1. The van der Waals surface area contributed by atoms with Gasteiger partial charge < -0.3 is 20.3 Å². The second kappa shape index (κ2) is 7.71. The van der Waals surface area contributed by atoms with E-state index in [1.54, 1.807) is 19.0 Å². The Labute approximate surface area is 110 Å². The first-order valence-corrected chi connectivity index (χ1v) is 6.72. The van der Waals surface area contributed by atoms with E-state index in [1.807, 2.05) is 0 Å². The standard InChI is InChI=1S/C13H27N3O2/c1-15(2)13(17)7-12(8-14)16(3)9-11-5-4-6-18-10-11/h11-12H,4-10,14H2,1-3H3. The summed E-state index contributed by atoms with van der Waals surface area (Å²) in [4.78, 5) is 15.6. The molecule has 0 aliphatic carbocycles. The van der Waals surface area contributed by atoms with Crippen molar-refractivity contribution in [3.05, 3.63) is 0 Å². The van der Waals surface area contributed by atoms with Crippen molar-refractivity contribution in [2.24, 2.45) is 11.7 Å². The molecule has 0 radical (unpaired) electrons. The molecule has 2 N–H and O–H groups in total. The van der Waals surface area contributed by atoms with E-state index < -0.39 is 0 Å². The molecule has 0 aromatic carbocycles. The fourth-order valence-corrected chi connectivity index (χ4v) is 2.31. The van der Waals surface area contributed by atoms with E-state index >= 15 is 0 Å². The summed E-state index contributed by atoms with van der Waals surface area (Å²) < 4.78 is 5.48. The minimum absolute atomic E-state index is 0.127. The van der Waals surface area contributed by atoms with Gasteiger partial charge in [0.1, 0.15) is 0 Å². The normalized spacial score (nSPS) is 21.9. The summed E-state index contributed by atoms with van der Waals surface area (Å²) in [6, 6.07) is 0.127. The lowest BCUT2D eigenvalue weighted by atomic mass is 10.0. The van der Waals surface area contributed by atoms with Crippen LogP contribution in [0.5, 0.6) is 0 Å². The molecule has 1 saturated heterocycles. The number of amides is 1. The van der Waals surface area contributed by atoms with Crippen LogP contribution in [0.25, 0.3) is 0 Å². The third kappa shape index (κ3) is 4.92. The second-order valence-electron chi connectivity index (χ2n) is 5.40. The number of likely N-dealkylation sites (N-methyl/N-ethyl adjacent to an activating group) is 1. The molecule has 0 spiro atoms. The maximum Gasteiger partial charge on any atom is 0.223 e. The van der Waals surface area contributed by atoms with Crippen LogP contribution < -0.4 is 5.73 Å². The molecule has 2 unspecified atom stereocenters. The molecule has 0 bridgehead atoms. The molecule has 1 fully saturated rings. The van der Waals surface area contributed by atoms with Crippen LogP contribution in [0, 0.1) is 5.92 Å². The number of rotatable bonds is 6. The lowest BCUT2D eigenvalue weighted by Gasteiger charge is -2.32. The van der Waals surface area contributed by atoms with Gasteiger partial charge in [0, 0.05) is 46.3 Å². The number of carbonyl (C=O) groups is 1. The van der Waals surface area contributed by atoms with Crippen LogP contribution in [0.2, 0.25) is 0 Å². The number of hydrogen-bond donors (Lipinski definition) is 1. The van der Waals surface area contributed by atoms with Gasteiger partial charge in [-0.1, -0.05) is 0 Å². The van der Waals surface area contributed by atoms with Gasteiger partial charge in [0.2, 0.25) is 5.91 Å². The Morgan fingerprint density at radius 3 is 2.67 bits per heavy atom. The highest BCUT2D eigenvalue weighted by atomic mass is 16.5. The quantitative estimate of drug-likeness (QED) is 0.736. The predicted molar refractivity (Wildman–Crippen MR) is 72.3 cm³/mol. The lowest BCUT2D eigenvalue weighted by Crippen LogP contribution is -2.44. The Balaban J connectivity index is 2.40. The third-order valence-electron chi connectivity index (χ3n) is 3.61. The smallest absolute Gasteiger partial charge is 0.223 e. The molecule has 106 valence electrons. The topological polar surface area (TPSA) is 58.8 Å². The SMILES string of the molecule is CN(C)C(=O)CC(CN)N(C)CC1CCCOC1. The van der Waals surface area contributed by atoms with Crippen LogP contribution in [0.4, 0.5) is 0 Å². The lowest BCUT2D eigenvalue weighted by molar-refractivity contribution is -0.129. The van der Waals surface area contributed by atoms with E-state index in [0.29, 0.717) is 18.9 Å². The number of nitrogens with zero attached hydrogens (tertiary/aromatic N) is 2. The summed E-state index contributed by atoms with van der Waals surface area (Å²) in [6.07, 6.45) is 2.85. The van der Waals surface area contributed by atoms with Crippen LogP contribution >= 0.6 is 0 Å². The summed E-state index contributed by atoms with van der Waals surface area (Å²) in [6.45, 7) is 3.20. The van der Waals surface area contributed by atoms with Crippen LogP contribution in [0.1, 0.15) is 19.3 Å². The summed E-state index contributed by atoms with van der Waals surface area (Å²) in [5.74, 6) is 0.712. The van der Waals surface area contributed by atoms with E-state index in [4.69, 9.17) is 10.5 Å². The molecule has 1 aliphatic heterocycles. The van der Waals surface area contributed by atoms with Crippen molar-refractivity contribution < 1.29 is 9.53 Å². The largest absolute Gasteiger partial charge is 0.381 e. The molecule has 1 rings (SSSR count). The van der Waals surface area contributed by atoms with Crippen molar-refractivity contribution in [1.29, 1.82) is 0 Å². The molecule has 1 aliphatic rings. The fourth-order valence-electron chi connectivity index (χ4n) is 2.31. The summed E-state index contributed by atoms with van der Waals surface area (Å²) >= 11 is 0. The molecular weight excluding hydrogens is 230 g/mol. The Morgan fingerprint density at radius 1 is 1.44 bits per heavy atom. The molecule has 1 amide bonds. The third-order valence-corrected chi connectivity index (χ3v) is 3.61. The Bertz CT molecular complexity index is 253. The summed E-state index contributed by atoms with van der Waals surface area (Å²) in [5, 5.41) is 0. The Hall–Kier alpha value is -0.650. The van der Waals surface area contributed by atoms with Gasteiger partial charge in [-0.15, -0.1) is 0 Å². The van der Waals surface area contributed by atoms with E-state index in [9.17, 15) is 4.79 Å². The van der Waals surface area contributed by atoms with Gasteiger partial charge in [-0.2, -0.15) is 0 Å². The first kappa shape index (κ1) is 15.4. The van der Waals surface area contributed by atoms with Crippen molar-refractivity contribution in [1.82, 2.24) is 9.80 Å². The molecular formula is C13H27N3O2. The van der Waals surface area contributed by atoms with Crippen molar-refractivity contribution in [3.63, 3.8) is 0 Å². The maximum absolute atomic E-state index is 11.7. The molecule has 1 heterocycles. The second-order valence-corrected chi connectivity index (χ2v) is 5.40. The first-order valence-electron chi connectivity index (χ1n) is 6.72. The zero-order chi connectivity index (χ0) is 13.5. The highest BCUT2D eigenvalue weighted by Crippen LogP contribution is 2.16. The number of hydrogen-bond acceptors (Lipinski definition) is 4. The van der Waals surface area contributed by atoms with Gasteiger partial charge in [0.15, 0.2) is 0 Å². The molecule has 5 nitrogen and oxygen atoms in total. The first-order chi connectivity index (χ1) is 8.54. The Morgan fingerprint density at radius 2 is 2.17 bits per heavy atom. The summed E-state index contributed by atoms with van der Waals surface area (Å²) in [5.41, 5.74) is 5.78. The highest BCUT2D eigenvalue weighted by molar-refractivity contribution is 5.76. The van der Waals surface area contributed by atoms with E-state index in [-0.39, 0.29) is 11.9 Å². The molecule has 0 saturated carbocycles. The minimum Gasteiger partial charge on any atom is -0.381 e. The zero-order valence-electron chi connectivity index (χ0n) is 11.9. The highest BCUT2D eigenvalue weighted by Gasteiger charge is 2.22. The van der Waals surface area contributed by atoms with Crippen molar-refractivity contribution >= 4 is 5.91 Å². The fraction of sp³-hybridized carbons (Fsp3) is 0.923. The number of ether oxygens (including phenoxy) is 1. The van der Waals surface area contributed by atoms with Crippen LogP contribution in [0.3, 0.4) is 0 Å². The van der Waals surface area contributed by atoms with Gasteiger partial charge >= 0.3 is 0 Å². The monoisotopic (exact) mass is 257 g/mol. The van der Waals surface area contributed by atoms with Gasteiger partial charge in [-0.3, -0.25) is 4.79 Å². The van der Waals surface area contributed by atoms with E-state index in [0.717, 1.165) is 26.2 Å². The maximum atomic E-state index is 11.7. The zero-order valence-corrected chi connectivity index (χ0v) is 11.9. The Kier molecular flexibility index (Phi) is 6.60. The molecule has 5 heteroatoms. The summed E-state index contributed by atoms with van der Waals surface area (Å²) in [7, 11) is 5.62. The van der Waals surface area contributed by atoms with Crippen LogP contribution in [-0.2, 0) is 9.53 Å². The van der Waals surface area contributed by atoms with E-state index in [1.165, 1.54) is 6.42 Å². The van der Waals surface area contributed by atoms with Gasteiger partial charge in [0.05, 0.1) is 6.61 Å². The van der Waals surface area contributed by atoms with Crippen molar-refractivity contribution in [2.75, 3.05) is 47.4 Å². The van der Waals surface area contributed by atoms with Gasteiger partial charge in [-0.25, -0.2) is 0 Å².